The lowest BCUT2D eigenvalue weighted by Gasteiger charge is -2.22. The maximum atomic E-state index is 12.6. The monoisotopic (exact) mass is 416 g/mol. The summed E-state index contributed by atoms with van der Waals surface area (Å²) in [6.07, 6.45) is 1.53. The van der Waals surface area contributed by atoms with Gasteiger partial charge in [0.25, 0.3) is 0 Å². The van der Waals surface area contributed by atoms with Gasteiger partial charge >= 0.3 is 0 Å². The topological polar surface area (TPSA) is 101 Å². The number of amides is 1. The Morgan fingerprint density at radius 1 is 1.15 bits per heavy atom. The number of likely N-dealkylation sites (tertiary alicyclic amines) is 1. The number of carbonyl (C=O) groups is 1. The maximum absolute atomic E-state index is 12.6. The number of rotatable bonds is 5. The van der Waals surface area contributed by atoms with Gasteiger partial charge in [0, 0.05) is 19.3 Å². The zero-order valence-corrected chi connectivity index (χ0v) is 18.0. The van der Waals surface area contributed by atoms with E-state index in [9.17, 15) is 21.6 Å². The van der Waals surface area contributed by atoms with Gasteiger partial charge in [-0.05, 0) is 36.5 Å². The normalized spacial score (nSPS) is 19.9. The number of sulfonamides is 1. The summed E-state index contributed by atoms with van der Waals surface area (Å²) in [5, 5.41) is -0.588. The van der Waals surface area contributed by atoms with E-state index in [1.54, 1.807) is 12.1 Å². The van der Waals surface area contributed by atoms with E-state index in [1.165, 1.54) is 24.0 Å². The van der Waals surface area contributed by atoms with Gasteiger partial charge in [0.2, 0.25) is 15.9 Å². The average Bonchev–Trinajstić information content (AvgIpc) is 3.03. The summed E-state index contributed by atoms with van der Waals surface area (Å²) in [6, 6.07) is 5.59. The fourth-order valence-electron chi connectivity index (χ4n) is 3.04. The van der Waals surface area contributed by atoms with E-state index in [2.05, 4.69) is 4.72 Å². The largest absolute Gasteiger partial charge is 0.340 e. The highest BCUT2D eigenvalue weighted by Crippen LogP contribution is 2.23. The molecule has 2 atom stereocenters. The molecule has 0 radical (unpaired) electrons. The molecule has 0 aromatic heterocycles. The summed E-state index contributed by atoms with van der Waals surface area (Å²) < 4.78 is 50.8. The Morgan fingerprint density at radius 3 is 2.15 bits per heavy atom. The summed E-state index contributed by atoms with van der Waals surface area (Å²) >= 11 is 0. The fourth-order valence-corrected chi connectivity index (χ4v) is 5.22. The summed E-state index contributed by atoms with van der Waals surface area (Å²) in [4.78, 5) is 14.0. The van der Waals surface area contributed by atoms with Gasteiger partial charge in [-0.3, -0.25) is 4.79 Å². The number of nitrogens with zero attached hydrogens (tertiary/aromatic N) is 1. The minimum Gasteiger partial charge on any atom is -0.340 e. The van der Waals surface area contributed by atoms with Crippen molar-refractivity contribution in [1.82, 2.24) is 9.62 Å². The predicted octanol–water partition coefficient (Wildman–Crippen LogP) is 1.30. The lowest BCUT2D eigenvalue weighted by molar-refractivity contribution is -0.131. The van der Waals surface area contributed by atoms with Crippen LogP contribution in [0.1, 0.15) is 39.7 Å². The van der Waals surface area contributed by atoms with E-state index in [4.69, 9.17) is 0 Å². The SMILES string of the molecule is CC(NS(=O)(=O)c1ccc(C(C)(C)C)cc1)C(=O)N1CCC(S(C)(=O)=O)C1. The Morgan fingerprint density at radius 2 is 1.70 bits per heavy atom. The fraction of sp³-hybridized carbons (Fsp3) is 0.611. The first-order chi connectivity index (χ1) is 12.2. The van der Waals surface area contributed by atoms with E-state index in [0.29, 0.717) is 13.0 Å². The number of hydrogen-bond acceptors (Lipinski definition) is 5. The van der Waals surface area contributed by atoms with Crippen molar-refractivity contribution in [3.63, 3.8) is 0 Å². The molecule has 9 heteroatoms. The molecule has 0 saturated carbocycles. The minimum atomic E-state index is -3.85. The number of nitrogens with one attached hydrogen (secondary N) is 1. The van der Waals surface area contributed by atoms with Gasteiger partial charge in [0.05, 0.1) is 16.2 Å². The second-order valence-corrected chi connectivity index (χ2v) is 12.2. The maximum Gasteiger partial charge on any atom is 0.241 e. The van der Waals surface area contributed by atoms with Gasteiger partial charge in [-0.2, -0.15) is 4.72 Å². The molecule has 27 heavy (non-hydrogen) atoms. The highest BCUT2D eigenvalue weighted by Gasteiger charge is 2.35. The predicted molar refractivity (Wildman–Crippen MR) is 105 cm³/mol. The van der Waals surface area contributed by atoms with Crippen molar-refractivity contribution in [2.45, 2.75) is 55.7 Å². The van der Waals surface area contributed by atoms with Crippen LogP contribution in [0.4, 0.5) is 0 Å². The van der Waals surface area contributed by atoms with Gasteiger partial charge in [-0.25, -0.2) is 16.8 Å². The third-order valence-corrected chi connectivity index (χ3v) is 7.95. The Bertz CT molecular complexity index is 900. The van der Waals surface area contributed by atoms with Crippen LogP contribution in [0.2, 0.25) is 0 Å². The third kappa shape index (κ3) is 5.30. The Balaban J connectivity index is 2.08. The first kappa shape index (κ1) is 21.8. The highest BCUT2D eigenvalue weighted by atomic mass is 32.2. The molecule has 2 unspecified atom stereocenters. The number of hydrogen-bond donors (Lipinski definition) is 1. The van der Waals surface area contributed by atoms with Crippen molar-refractivity contribution in [1.29, 1.82) is 0 Å². The highest BCUT2D eigenvalue weighted by molar-refractivity contribution is 7.91. The molecule has 1 aromatic rings. The molecular weight excluding hydrogens is 388 g/mol. The zero-order valence-electron chi connectivity index (χ0n) is 16.4. The minimum absolute atomic E-state index is 0.0885. The van der Waals surface area contributed by atoms with E-state index >= 15 is 0 Å². The molecule has 1 aliphatic heterocycles. The molecule has 1 saturated heterocycles. The van der Waals surface area contributed by atoms with Crippen molar-refractivity contribution >= 4 is 25.8 Å². The first-order valence-electron chi connectivity index (χ1n) is 8.82. The van der Waals surface area contributed by atoms with E-state index in [0.717, 1.165) is 11.8 Å². The molecule has 7 nitrogen and oxygen atoms in total. The molecule has 2 rings (SSSR count). The van der Waals surface area contributed by atoms with Gasteiger partial charge in [-0.1, -0.05) is 32.9 Å². The van der Waals surface area contributed by atoms with E-state index in [1.807, 2.05) is 20.8 Å². The van der Waals surface area contributed by atoms with Gasteiger partial charge in [-0.15, -0.1) is 0 Å². The smallest absolute Gasteiger partial charge is 0.241 e. The van der Waals surface area contributed by atoms with Crippen molar-refractivity contribution in [3.8, 4) is 0 Å². The molecule has 0 aliphatic carbocycles. The van der Waals surface area contributed by atoms with E-state index in [-0.39, 0.29) is 16.9 Å². The van der Waals surface area contributed by atoms with Crippen LogP contribution < -0.4 is 4.72 Å². The molecule has 1 aromatic carbocycles. The lowest BCUT2D eigenvalue weighted by Crippen LogP contribution is -2.46. The second kappa shape index (κ2) is 7.52. The number of carbonyl (C=O) groups excluding carboxylic acids is 1. The molecule has 0 spiro atoms. The summed E-state index contributed by atoms with van der Waals surface area (Å²) in [5.74, 6) is -0.420. The zero-order chi connectivity index (χ0) is 20.6. The molecule has 0 bridgehead atoms. The van der Waals surface area contributed by atoms with Crippen molar-refractivity contribution in [2.75, 3.05) is 19.3 Å². The molecule has 152 valence electrons. The molecule has 1 aliphatic rings. The summed E-state index contributed by atoms with van der Waals surface area (Å²) in [7, 11) is -7.08. The molecule has 1 N–H and O–H groups in total. The van der Waals surface area contributed by atoms with Gasteiger partial charge in [0.1, 0.15) is 0 Å². The second-order valence-electron chi connectivity index (χ2n) is 8.14. The van der Waals surface area contributed by atoms with Crippen molar-refractivity contribution < 1.29 is 21.6 Å². The van der Waals surface area contributed by atoms with Crippen LogP contribution in [0.3, 0.4) is 0 Å². The number of benzene rings is 1. The summed E-state index contributed by atoms with van der Waals surface area (Å²) in [5.41, 5.74) is 0.916. The van der Waals surface area contributed by atoms with Crippen LogP contribution >= 0.6 is 0 Å². The van der Waals surface area contributed by atoms with Crippen LogP contribution in [0.15, 0.2) is 29.2 Å². The van der Waals surface area contributed by atoms with Crippen LogP contribution in [-0.4, -0.2) is 58.3 Å². The van der Waals surface area contributed by atoms with Crippen LogP contribution in [0.5, 0.6) is 0 Å². The Hall–Kier alpha value is -1.45. The van der Waals surface area contributed by atoms with Crippen LogP contribution in [0.25, 0.3) is 0 Å². The number of sulfone groups is 1. The lowest BCUT2D eigenvalue weighted by atomic mass is 9.87. The van der Waals surface area contributed by atoms with Crippen molar-refractivity contribution in [3.05, 3.63) is 29.8 Å². The molecule has 1 amide bonds. The van der Waals surface area contributed by atoms with Gasteiger partial charge < -0.3 is 4.90 Å². The van der Waals surface area contributed by atoms with Crippen LogP contribution in [0, 0.1) is 0 Å². The Kier molecular flexibility index (Phi) is 6.08. The van der Waals surface area contributed by atoms with E-state index < -0.39 is 37.1 Å². The van der Waals surface area contributed by atoms with Crippen molar-refractivity contribution in [2.24, 2.45) is 0 Å². The van der Waals surface area contributed by atoms with Crippen LogP contribution in [-0.2, 0) is 30.1 Å². The standard InChI is InChI=1S/C18H28N2O5S2/c1-13(17(21)20-11-10-16(12-20)26(5,22)23)19-27(24,25)15-8-6-14(7-9-15)18(2,3)4/h6-9,13,16,19H,10-12H2,1-5H3. The van der Waals surface area contributed by atoms with Gasteiger partial charge in [0.15, 0.2) is 9.84 Å². The third-order valence-electron chi connectivity index (χ3n) is 4.80. The molecule has 1 fully saturated rings. The molecular formula is C18H28N2O5S2. The average molecular weight is 417 g/mol. The quantitative estimate of drug-likeness (QED) is 0.780. The Labute approximate surface area is 162 Å². The first-order valence-corrected chi connectivity index (χ1v) is 12.3. The molecule has 1 heterocycles. The summed E-state index contributed by atoms with van der Waals surface area (Å²) in [6.45, 7) is 7.99.